The second kappa shape index (κ2) is 7.13. The van der Waals surface area contributed by atoms with Gasteiger partial charge < -0.3 is 19.5 Å². The molecular weight excluding hydrogens is 326 g/mol. The minimum absolute atomic E-state index is 0.0498. The summed E-state index contributed by atoms with van der Waals surface area (Å²) >= 11 is 1.60. The molecule has 0 radical (unpaired) electrons. The fourth-order valence-corrected chi connectivity index (χ4v) is 4.10. The van der Waals surface area contributed by atoms with Crippen LogP contribution in [0.3, 0.4) is 0 Å². The number of thiophene rings is 1. The first-order chi connectivity index (χ1) is 11.7. The molecule has 2 aromatic rings. The van der Waals surface area contributed by atoms with Crippen LogP contribution in [0.15, 0.2) is 18.2 Å². The van der Waals surface area contributed by atoms with E-state index in [9.17, 15) is 4.79 Å². The average Bonchev–Trinajstić information content (AvgIpc) is 3.20. The highest BCUT2D eigenvalue weighted by Gasteiger charge is 2.19. The first-order valence-electron chi connectivity index (χ1n) is 7.85. The van der Waals surface area contributed by atoms with Gasteiger partial charge in [0.25, 0.3) is 5.91 Å². The summed E-state index contributed by atoms with van der Waals surface area (Å²) in [5, 5.41) is 2.96. The third-order valence-corrected chi connectivity index (χ3v) is 5.43. The maximum Gasteiger partial charge on any atom is 0.261 e. The Bertz CT molecular complexity index is 732. The van der Waals surface area contributed by atoms with E-state index in [1.165, 1.54) is 16.9 Å². The van der Waals surface area contributed by atoms with Crippen LogP contribution in [0, 0.1) is 0 Å². The summed E-state index contributed by atoms with van der Waals surface area (Å²) in [5.74, 6) is 1.81. The van der Waals surface area contributed by atoms with E-state index in [2.05, 4.69) is 5.32 Å². The highest BCUT2D eigenvalue weighted by molar-refractivity contribution is 7.14. The van der Waals surface area contributed by atoms with Gasteiger partial charge in [0, 0.05) is 23.1 Å². The predicted octanol–water partition coefficient (Wildman–Crippen LogP) is 3.19. The lowest BCUT2D eigenvalue weighted by atomic mass is 10.1. The van der Waals surface area contributed by atoms with Crippen molar-refractivity contribution in [3.63, 3.8) is 0 Å². The monoisotopic (exact) mass is 347 g/mol. The molecule has 128 valence electrons. The number of benzene rings is 1. The molecule has 1 aliphatic carbocycles. The van der Waals surface area contributed by atoms with Crippen molar-refractivity contribution >= 4 is 17.2 Å². The average molecular weight is 347 g/mol. The molecule has 1 amide bonds. The Morgan fingerprint density at radius 3 is 2.42 bits per heavy atom. The summed E-state index contributed by atoms with van der Waals surface area (Å²) in [6.07, 6.45) is 3.38. The third-order valence-electron chi connectivity index (χ3n) is 4.20. The SMILES string of the molecule is COc1cc(OC)c(OC)cc1CNC(=O)c1cc2c(s1)CCC2. The molecule has 0 aliphatic heterocycles. The molecule has 0 atom stereocenters. The van der Waals surface area contributed by atoms with Gasteiger partial charge in [-0.05, 0) is 37.0 Å². The molecule has 0 unspecified atom stereocenters. The summed E-state index contributed by atoms with van der Waals surface area (Å²) < 4.78 is 16.0. The van der Waals surface area contributed by atoms with Crippen LogP contribution in [-0.2, 0) is 19.4 Å². The largest absolute Gasteiger partial charge is 0.496 e. The van der Waals surface area contributed by atoms with Gasteiger partial charge in [0.15, 0.2) is 11.5 Å². The molecule has 1 heterocycles. The van der Waals surface area contributed by atoms with Crippen LogP contribution in [0.1, 0.15) is 32.1 Å². The van der Waals surface area contributed by atoms with Crippen molar-refractivity contribution in [2.75, 3.05) is 21.3 Å². The Balaban J connectivity index is 1.74. The normalized spacial score (nSPS) is 12.6. The second-order valence-electron chi connectivity index (χ2n) is 5.61. The Kier molecular flexibility index (Phi) is 4.94. The van der Waals surface area contributed by atoms with Gasteiger partial charge in [-0.1, -0.05) is 0 Å². The number of aryl methyl sites for hydroxylation is 2. The first kappa shape index (κ1) is 16.6. The number of hydrogen-bond donors (Lipinski definition) is 1. The highest BCUT2D eigenvalue weighted by Crippen LogP contribution is 2.35. The van der Waals surface area contributed by atoms with Crippen molar-refractivity contribution in [1.82, 2.24) is 5.32 Å². The van der Waals surface area contributed by atoms with Gasteiger partial charge in [-0.3, -0.25) is 4.79 Å². The Morgan fingerprint density at radius 2 is 1.75 bits per heavy atom. The van der Waals surface area contributed by atoms with E-state index >= 15 is 0 Å². The Morgan fingerprint density at radius 1 is 1.04 bits per heavy atom. The third kappa shape index (κ3) is 3.19. The lowest BCUT2D eigenvalue weighted by Gasteiger charge is -2.14. The molecule has 1 aromatic heterocycles. The number of carbonyl (C=O) groups is 1. The molecule has 0 spiro atoms. The molecule has 0 fully saturated rings. The van der Waals surface area contributed by atoms with Gasteiger partial charge in [-0.15, -0.1) is 11.3 Å². The summed E-state index contributed by atoms with van der Waals surface area (Å²) in [7, 11) is 4.75. The molecule has 0 saturated carbocycles. The van der Waals surface area contributed by atoms with Gasteiger partial charge in [0.1, 0.15) is 5.75 Å². The summed E-state index contributed by atoms with van der Waals surface area (Å²) in [6, 6.07) is 5.61. The van der Waals surface area contributed by atoms with E-state index in [-0.39, 0.29) is 5.91 Å². The number of ether oxygens (including phenoxy) is 3. The van der Waals surface area contributed by atoms with Crippen molar-refractivity contribution in [1.29, 1.82) is 0 Å². The van der Waals surface area contributed by atoms with Crippen LogP contribution in [-0.4, -0.2) is 27.2 Å². The van der Waals surface area contributed by atoms with Crippen LogP contribution < -0.4 is 19.5 Å². The van der Waals surface area contributed by atoms with E-state index in [0.717, 1.165) is 23.3 Å². The minimum atomic E-state index is -0.0498. The van der Waals surface area contributed by atoms with Gasteiger partial charge >= 0.3 is 0 Å². The number of rotatable bonds is 6. The topological polar surface area (TPSA) is 56.8 Å². The number of hydrogen-bond acceptors (Lipinski definition) is 5. The zero-order valence-corrected chi connectivity index (χ0v) is 14.9. The number of amides is 1. The smallest absolute Gasteiger partial charge is 0.261 e. The molecule has 0 saturated heterocycles. The lowest BCUT2D eigenvalue weighted by molar-refractivity contribution is 0.0954. The Labute approximate surface area is 145 Å². The van der Waals surface area contributed by atoms with Crippen LogP contribution in [0.5, 0.6) is 17.2 Å². The van der Waals surface area contributed by atoms with Crippen molar-refractivity contribution in [2.24, 2.45) is 0 Å². The van der Waals surface area contributed by atoms with Crippen molar-refractivity contribution in [3.05, 3.63) is 39.1 Å². The molecule has 6 heteroatoms. The standard InChI is InChI=1S/C18H21NO4S/c1-21-13-9-15(23-3)14(22-2)7-12(13)10-19-18(20)17-8-11-5-4-6-16(11)24-17/h7-9H,4-6,10H2,1-3H3,(H,19,20). The maximum absolute atomic E-state index is 12.4. The van der Waals surface area contributed by atoms with Crippen LogP contribution in [0.2, 0.25) is 0 Å². The summed E-state index contributed by atoms with van der Waals surface area (Å²) in [6.45, 7) is 0.366. The minimum Gasteiger partial charge on any atom is -0.496 e. The van der Waals surface area contributed by atoms with E-state index in [4.69, 9.17) is 14.2 Å². The molecule has 3 rings (SSSR count). The van der Waals surface area contributed by atoms with Crippen molar-refractivity contribution < 1.29 is 19.0 Å². The quantitative estimate of drug-likeness (QED) is 0.872. The predicted molar refractivity (Wildman–Crippen MR) is 93.6 cm³/mol. The molecule has 1 aliphatic rings. The molecular formula is C18H21NO4S. The van der Waals surface area contributed by atoms with Crippen molar-refractivity contribution in [2.45, 2.75) is 25.8 Å². The zero-order chi connectivity index (χ0) is 17.1. The summed E-state index contributed by atoms with van der Waals surface area (Å²) in [5.41, 5.74) is 2.17. The number of nitrogens with one attached hydrogen (secondary N) is 1. The van der Waals surface area contributed by atoms with Gasteiger partial charge in [0.2, 0.25) is 0 Å². The number of methoxy groups -OCH3 is 3. The highest BCUT2D eigenvalue weighted by atomic mass is 32.1. The van der Waals surface area contributed by atoms with Crippen LogP contribution >= 0.6 is 11.3 Å². The molecule has 5 nitrogen and oxygen atoms in total. The molecule has 1 N–H and O–H groups in total. The van der Waals surface area contributed by atoms with Gasteiger partial charge in [-0.2, -0.15) is 0 Å². The maximum atomic E-state index is 12.4. The second-order valence-corrected chi connectivity index (χ2v) is 6.75. The number of carbonyl (C=O) groups excluding carboxylic acids is 1. The first-order valence-corrected chi connectivity index (χ1v) is 8.66. The fourth-order valence-electron chi connectivity index (χ4n) is 2.93. The van der Waals surface area contributed by atoms with E-state index in [1.807, 2.05) is 12.1 Å². The van der Waals surface area contributed by atoms with E-state index < -0.39 is 0 Å². The number of fused-ring (bicyclic) bond motifs is 1. The summed E-state index contributed by atoms with van der Waals surface area (Å²) in [4.78, 5) is 14.5. The molecule has 24 heavy (non-hydrogen) atoms. The van der Waals surface area contributed by atoms with Crippen LogP contribution in [0.25, 0.3) is 0 Å². The lowest BCUT2D eigenvalue weighted by Crippen LogP contribution is -2.22. The van der Waals surface area contributed by atoms with Gasteiger partial charge in [0.05, 0.1) is 26.2 Å². The zero-order valence-electron chi connectivity index (χ0n) is 14.1. The molecule has 1 aromatic carbocycles. The Hall–Kier alpha value is -2.21. The van der Waals surface area contributed by atoms with Crippen LogP contribution in [0.4, 0.5) is 0 Å². The molecule has 0 bridgehead atoms. The van der Waals surface area contributed by atoms with Crippen molar-refractivity contribution in [3.8, 4) is 17.2 Å². The fraction of sp³-hybridized carbons (Fsp3) is 0.389. The van der Waals surface area contributed by atoms with Gasteiger partial charge in [-0.25, -0.2) is 0 Å². The van der Waals surface area contributed by atoms with E-state index in [1.54, 1.807) is 38.7 Å². The van der Waals surface area contributed by atoms with E-state index in [0.29, 0.717) is 23.8 Å².